The summed E-state index contributed by atoms with van der Waals surface area (Å²) in [6.45, 7) is 0. The Morgan fingerprint density at radius 1 is 0.920 bits per heavy atom. The fraction of sp³-hybridized carbons (Fsp3) is 0.0909. The highest BCUT2D eigenvalue weighted by Crippen LogP contribution is 2.32. The first kappa shape index (κ1) is 17.2. The second-order valence-corrected chi connectivity index (χ2v) is 7.00. The van der Waals surface area contributed by atoms with Crippen LogP contribution in [0.2, 0.25) is 0 Å². The fourth-order valence-corrected chi connectivity index (χ4v) is 3.51. The standard InChI is InChI=1S/C22H20O2S/c1-24-19-13-14-20(22(16-19)25(2)23)21(18-11-7-4-8-12-18)15-17-9-5-3-6-10-17/h3-16H,1-2H3/b21-15+. The van der Waals surface area contributed by atoms with Crippen LogP contribution in [0.3, 0.4) is 0 Å². The minimum absolute atomic E-state index is 0.709. The van der Waals surface area contributed by atoms with E-state index in [1.165, 1.54) is 0 Å². The van der Waals surface area contributed by atoms with E-state index in [0.29, 0.717) is 5.75 Å². The van der Waals surface area contributed by atoms with Gasteiger partial charge in [-0.3, -0.25) is 4.21 Å². The highest BCUT2D eigenvalue weighted by atomic mass is 32.2. The van der Waals surface area contributed by atoms with Crippen molar-refractivity contribution in [2.75, 3.05) is 13.4 Å². The van der Waals surface area contributed by atoms with E-state index in [9.17, 15) is 4.21 Å². The number of rotatable bonds is 5. The highest BCUT2D eigenvalue weighted by Gasteiger charge is 2.14. The molecule has 0 fully saturated rings. The van der Waals surface area contributed by atoms with Crippen LogP contribution in [0.5, 0.6) is 5.75 Å². The van der Waals surface area contributed by atoms with Gasteiger partial charge in [0.1, 0.15) is 5.75 Å². The molecule has 0 aromatic heterocycles. The van der Waals surface area contributed by atoms with Gasteiger partial charge >= 0.3 is 0 Å². The molecule has 3 heteroatoms. The van der Waals surface area contributed by atoms with Crippen LogP contribution < -0.4 is 4.74 Å². The number of hydrogen-bond donors (Lipinski definition) is 0. The van der Waals surface area contributed by atoms with Crippen molar-refractivity contribution < 1.29 is 8.95 Å². The number of methoxy groups -OCH3 is 1. The SMILES string of the molecule is COc1ccc(/C(=C/c2ccccc2)c2ccccc2)c(S(C)=O)c1. The minimum Gasteiger partial charge on any atom is -0.497 e. The van der Waals surface area contributed by atoms with Gasteiger partial charge in [0.15, 0.2) is 0 Å². The summed E-state index contributed by atoms with van der Waals surface area (Å²) in [5.41, 5.74) is 4.18. The molecule has 1 unspecified atom stereocenters. The average Bonchev–Trinajstić information content (AvgIpc) is 2.67. The quantitative estimate of drug-likeness (QED) is 0.605. The van der Waals surface area contributed by atoms with Crippen LogP contribution in [-0.4, -0.2) is 17.6 Å². The van der Waals surface area contributed by atoms with Gasteiger partial charge in [0.2, 0.25) is 0 Å². The lowest BCUT2D eigenvalue weighted by Crippen LogP contribution is -1.98. The topological polar surface area (TPSA) is 26.3 Å². The lowest BCUT2D eigenvalue weighted by molar-refractivity contribution is 0.413. The zero-order valence-electron chi connectivity index (χ0n) is 14.3. The molecular formula is C22H20O2S. The Hall–Kier alpha value is -2.65. The summed E-state index contributed by atoms with van der Waals surface area (Å²) in [5.74, 6) is 0.709. The molecule has 0 saturated heterocycles. The molecule has 0 aliphatic carbocycles. The van der Waals surface area contributed by atoms with E-state index in [-0.39, 0.29) is 0 Å². The van der Waals surface area contributed by atoms with Crippen molar-refractivity contribution in [2.24, 2.45) is 0 Å². The Kier molecular flexibility index (Phi) is 5.46. The predicted molar refractivity (Wildman–Crippen MR) is 105 cm³/mol. The molecule has 3 rings (SSSR count). The third-order valence-electron chi connectivity index (χ3n) is 3.98. The Labute approximate surface area is 151 Å². The van der Waals surface area contributed by atoms with Crippen LogP contribution in [0.1, 0.15) is 16.7 Å². The first-order chi connectivity index (χ1) is 12.2. The van der Waals surface area contributed by atoms with Crippen molar-refractivity contribution >= 4 is 22.4 Å². The first-order valence-corrected chi connectivity index (χ1v) is 9.59. The van der Waals surface area contributed by atoms with Gasteiger partial charge in [0, 0.05) is 6.26 Å². The van der Waals surface area contributed by atoms with Crippen molar-refractivity contribution in [1.29, 1.82) is 0 Å². The van der Waals surface area contributed by atoms with Gasteiger partial charge in [-0.2, -0.15) is 0 Å². The van der Waals surface area contributed by atoms with Gasteiger partial charge in [-0.15, -0.1) is 0 Å². The Bertz CT molecular complexity index is 900. The van der Waals surface area contributed by atoms with Crippen LogP contribution >= 0.6 is 0 Å². The molecule has 3 aromatic rings. The monoisotopic (exact) mass is 348 g/mol. The average molecular weight is 348 g/mol. The molecule has 25 heavy (non-hydrogen) atoms. The summed E-state index contributed by atoms with van der Waals surface area (Å²) in [6.07, 6.45) is 3.83. The Morgan fingerprint density at radius 3 is 2.16 bits per heavy atom. The molecule has 0 spiro atoms. The van der Waals surface area contributed by atoms with Gasteiger partial charge < -0.3 is 4.74 Å². The highest BCUT2D eigenvalue weighted by molar-refractivity contribution is 7.84. The minimum atomic E-state index is -1.13. The molecule has 0 radical (unpaired) electrons. The van der Waals surface area contributed by atoms with E-state index in [1.54, 1.807) is 13.4 Å². The molecular weight excluding hydrogens is 328 g/mol. The van der Waals surface area contributed by atoms with E-state index < -0.39 is 10.8 Å². The summed E-state index contributed by atoms with van der Waals surface area (Å²) in [5, 5.41) is 0. The summed E-state index contributed by atoms with van der Waals surface area (Å²) in [4.78, 5) is 0.769. The van der Waals surface area contributed by atoms with Gasteiger partial charge in [-0.1, -0.05) is 60.7 Å². The van der Waals surface area contributed by atoms with Gasteiger partial charge in [0.25, 0.3) is 0 Å². The van der Waals surface area contributed by atoms with Gasteiger partial charge in [-0.25, -0.2) is 0 Å². The maximum absolute atomic E-state index is 12.4. The molecule has 1 atom stereocenters. The number of hydrogen-bond acceptors (Lipinski definition) is 2. The predicted octanol–water partition coefficient (Wildman–Crippen LogP) is 5.02. The van der Waals surface area contributed by atoms with Crippen molar-refractivity contribution in [3.63, 3.8) is 0 Å². The lowest BCUT2D eigenvalue weighted by Gasteiger charge is -2.14. The van der Waals surface area contributed by atoms with Crippen molar-refractivity contribution in [1.82, 2.24) is 0 Å². The van der Waals surface area contributed by atoms with Crippen molar-refractivity contribution in [3.05, 3.63) is 95.6 Å². The maximum Gasteiger partial charge on any atom is 0.120 e. The normalized spacial score (nSPS) is 12.6. The maximum atomic E-state index is 12.4. The molecule has 0 N–H and O–H groups in total. The summed E-state index contributed by atoms with van der Waals surface area (Å²) >= 11 is 0. The van der Waals surface area contributed by atoms with Crippen LogP contribution in [0, 0.1) is 0 Å². The molecule has 2 nitrogen and oxygen atoms in total. The lowest BCUT2D eigenvalue weighted by atomic mass is 9.95. The summed E-state index contributed by atoms with van der Waals surface area (Å²) in [6, 6.07) is 26.1. The van der Waals surface area contributed by atoms with Crippen LogP contribution in [0.4, 0.5) is 0 Å². The first-order valence-electron chi connectivity index (χ1n) is 8.03. The third-order valence-corrected chi connectivity index (χ3v) is 4.94. The molecule has 0 aliphatic rings. The third kappa shape index (κ3) is 4.06. The van der Waals surface area contributed by atoms with E-state index in [0.717, 1.165) is 27.2 Å². The van der Waals surface area contributed by atoms with Crippen molar-refractivity contribution in [2.45, 2.75) is 4.90 Å². The molecule has 0 heterocycles. The van der Waals surface area contributed by atoms with E-state index in [2.05, 4.69) is 30.3 Å². The van der Waals surface area contributed by atoms with E-state index in [1.807, 2.05) is 54.6 Å². The zero-order chi connectivity index (χ0) is 17.6. The number of benzene rings is 3. The van der Waals surface area contributed by atoms with Crippen LogP contribution in [-0.2, 0) is 10.8 Å². The van der Waals surface area contributed by atoms with E-state index >= 15 is 0 Å². The summed E-state index contributed by atoms with van der Waals surface area (Å²) < 4.78 is 17.7. The fourth-order valence-electron chi connectivity index (χ4n) is 2.74. The molecule has 3 aromatic carbocycles. The number of ether oxygens (including phenoxy) is 1. The second kappa shape index (κ2) is 7.95. The molecule has 126 valence electrons. The Balaban J connectivity index is 2.23. The largest absolute Gasteiger partial charge is 0.497 e. The van der Waals surface area contributed by atoms with Crippen LogP contribution in [0.15, 0.2) is 83.8 Å². The van der Waals surface area contributed by atoms with Gasteiger partial charge in [0.05, 0.1) is 22.8 Å². The molecule has 0 amide bonds. The smallest absolute Gasteiger partial charge is 0.120 e. The molecule has 0 saturated carbocycles. The van der Waals surface area contributed by atoms with Crippen molar-refractivity contribution in [3.8, 4) is 5.75 Å². The van der Waals surface area contributed by atoms with Gasteiger partial charge in [-0.05, 0) is 46.5 Å². The van der Waals surface area contributed by atoms with E-state index in [4.69, 9.17) is 4.74 Å². The van der Waals surface area contributed by atoms with Crippen LogP contribution in [0.25, 0.3) is 11.6 Å². The molecule has 0 aliphatic heterocycles. The zero-order valence-corrected chi connectivity index (χ0v) is 15.1. The second-order valence-electron chi connectivity index (χ2n) is 5.65. The summed E-state index contributed by atoms with van der Waals surface area (Å²) in [7, 11) is 0.495. The Morgan fingerprint density at radius 2 is 1.56 bits per heavy atom. The molecule has 0 bridgehead atoms.